The number of halogens is 1. The number of aromatic nitrogens is 2. The molecule has 1 amide bonds. The lowest BCUT2D eigenvalue weighted by atomic mass is 9.98. The Bertz CT molecular complexity index is 771. The Balaban J connectivity index is 2.00. The lowest BCUT2D eigenvalue weighted by Crippen LogP contribution is -2.43. The molecule has 1 N–H and O–H groups in total. The molecule has 1 saturated heterocycles. The number of carbonyl (C=O) groups excluding carboxylic acids is 1. The van der Waals surface area contributed by atoms with Crippen molar-refractivity contribution in [2.45, 2.75) is 26.2 Å². The van der Waals surface area contributed by atoms with E-state index in [0.717, 1.165) is 0 Å². The maximum atomic E-state index is 13.0. The second kappa shape index (κ2) is 6.20. The van der Waals surface area contributed by atoms with E-state index >= 15 is 0 Å². The fraction of sp³-hybridized carbons (Fsp3) is 0.438. The number of carboxylic acids is 1. The average molecular weight is 336 g/mol. The number of nitrogens with zero attached hydrogens (tertiary/aromatic N) is 3. The number of carbonyl (C=O) groups is 2. The van der Waals surface area contributed by atoms with Crippen molar-refractivity contribution in [1.82, 2.24) is 14.3 Å². The van der Waals surface area contributed by atoms with Crippen LogP contribution in [0.15, 0.2) is 18.3 Å². The summed E-state index contributed by atoms with van der Waals surface area (Å²) >= 11 is 6.05. The summed E-state index contributed by atoms with van der Waals surface area (Å²) in [6.07, 6.45) is 3.60. The number of amides is 1. The fourth-order valence-electron chi connectivity index (χ4n) is 3.05. The van der Waals surface area contributed by atoms with Crippen molar-refractivity contribution >= 4 is 29.1 Å². The molecule has 0 radical (unpaired) electrons. The molecular weight excluding hydrogens is 318 g/mol. The summed E-state index contributed by atoms with van der Waals surface area (Å²) in [5.74, 6) is -1.53. The first-order valence-electron chi connectivity index (χ1n) is 7.69. The van der Waals surface area contributed by atoms with Crippen molar-refractivity contribution in [3.8, 4) is 0 Å². The molecule has 1 atom stereocenters. The van der Waals surface area contributed by atoms with Gasteiger partial charge >= 0.3 is 5.97 Å². The highest BCUT2D eigenvalue weighted by atomic mass is 35.5. The Morgan fingerprint density at radius 3 is 2.91 bits per heavy atom. The van der Waals surface area contributed by atoms with Gasteiger partial charge in [0.05, 0.1) is 16.6 Å². The number of aliphatic carboxylic acids is 1. The smallest absolute Gasteiger partial charge is 0.308 e. The first kappa shape index (κ1) is 15.8. The monoisotopic (exact) mass is 335 g/mol. The van der Waals surface area contributed by atoms with Crippen molar-refractivity contribution in [2.24, 2.45) is 5.92 Å². The summed E-state index contributed by atoms with van der Waals surface area (Å²) in [4.78, 5) is 30.3. The SMILES string of the molecule is CCc1nc2ccc(Cl)cn2c1C(=O)N1CCCC(C(=O)O)C1. The van der Waals surface area contributed by atoms with Gasteiger partial charge in [-0.25, -0.2) is 4.98 Å². The van der Waals surface area contributed by atoms with Crippen LogP contribution >= 0.6 is 11.6 Å². The molecule has 1 aliphatic rings. The third-order valence-corrected chi connectivity index (χ3v) is 4.47. The number of carboxylic acid groups (broad SMARTS) is 1. The molecule has 122 valence electrons. The van der Waals surface area contributed by atoms with E-state index in [0.29, 0.717) is 47.9 Å². The van der Waals surface area contributed by atoms with Gasteiger partial charge in [-0.2, -0.15) is 0 Å². The van der Waals surface area contributed by atoms with Crippen LogP contribution in [0.5, 0.6) is 0 Å². The van der Waals surface area contributed by atoms with E-state index in [4.69, 9.17) is 11.6 Å². The van der Waals surface area contributed by atoms with Crippen molar-refractivity contribution in [3.63, 3.8) is 0 Å². The molecule has 1 unspecified atom stereocenters. The van der Waals surface area contributed by atoms with Crippen LogP contribution in [0, 0.1) is 5.92 Å². The lowest BCUT2D eigenvalue weighted by Gasteiger charge is -2.30. The molecule has 0 bridgehead atoms. The highest BCUT2D eigenvalue weighted by Gasteiger charge is 2.31. The van der Waals surface area contributed by atoms with E-state index in [9.17, 15) is 14.7 Å². The summed E-state index contributed by atoms with van der Waals surface area (Å²) in [7, 11) is 0. The van der Waals surface area contributed by atoms with Crippen LogP contribution in [-0.4, -0.2) is 44.4 Å². The van der Waals surface area contributed by atoms with Gasteiger partial charge in [0.2, 0.25) is 0 Å². The number of piperidine rings is 1. The van der Waals surface area contributed by atoms with Crippen LogP contribution < -0.4 is 0 Å². The van der Waals surface area contributed by atoms with Crippen LogP contribution in [0.4, 0.5) is 0 Å². The molecule has 0 saturated carbocycles. The van der Waals surface area contributed by atoms with Gasteiger partial charge in [-0.3, -0.25) is 14.0 Å². The van der Waals surface area contributed by atoms with Crippen molar-refractivity contribution < 1.29 is 14.7 Å². The zero-order chi connectivity index (χ0) is 16.6. The normalized spacial score (nSPS) is 18.3. The molecule has 6 nitrogen and oxygen atoms in total. The first-order chi connectivity index (χ1) is 11.0. The third-order valence-electron chi connectivity index (χ3n) is 4.25. The molecule has 3 rings (SSSR count). The van der Waals surface area contributed by atoms with E-state index < -0.39 is 11.9 Å². The van der Waals surface area contributed by atoms with Gasteiger partial charge in [0.1, 0.15) is 11.3 Å². The summed E-state index contributed by atoms with van der Waals surface area (Å²) in [5, 5.41) is 9.73. The Kier molecular flexibility index (Phi) is 4.26. The number of fused-ring (bicyclic) bond motifs is 1. The second-order valence-electron chi connectivity index (χ2n) is 5.76. The molecule has 0 aliphatic carbocycles. The van der Waals surface area contributed by atoms with Crippen molar-refractivity contribution in [3.05, 3.63) is 34.7 Å². The fourth-order valence-corrected chi connectivity index (χ4v) is 3.21. The van der Waals surface area contributed by atoms with Gasteiger partial charge in [-0.1, -0.05) is 18.5 Å². The number of hydrogen-bond acceptors (Lipinski definition) is 3. The van der Waals surface area contributed by atoms with Crippen LogP contribution in [0.2, 0.25) is 5.02 Å². The molecule has 2 aromatic heterocycles. The summed E-state index contributed by atoms with van der Waals surface area (Å²) in [6, 6.07) is 3.51. The first-order valence-corrected chi connectivity index (χ1v) is 8.07. The van der Waals surface area contributed by atoms with Crippen molar-refractivity contribution in [1.29, 1.82) is 0 Å². The minimum Gasteiger partial charge on any atom is -0.481 e. The molecule has 7 heteroatoms. The standard InChI is InChI=1S/C16H18ClN3O3/c1-2-12-14(20-9-11(17)5-6-13(20)18-12)15(21)19-7-3-4-10(8-19)16(22)23/h5-6,9-10H,2-4,7-8H2,1H3,(H,22,23). The number of aryl methyl sites for hydroxylation is 1. The van der Waals surface area contributed by atoms with Gasteiger partial charge < -0.3 is 10.0 Å². The van der Waals surface area contributed by atoms with Crippen LogP contribution in [0.1, 0.15) is 35.9 Å². The quantitative estimate of drug-likeness (QED) is 0.935. The van der Waals surface area contributed by atoms with Gasteiger partial charge in [0.15, 0.2) is 0 Å². The maximum absolute atomic E-state index is 13.0. The minimum absolute atomic E-state index is 0.178. The number of rotatable bonds is 3. The largest absolute Gasteiger partial charge is 0.481 e. The highest BCUT2D eigenvalue weighted by Crippen LogP contribution is 2.22. The second-order valence-corrected chi connectivity index (χ2v) is 6.20. The molecule has 23 heavy (non-hydrogen) atoms. The van der Waals surface area contributed by atoms with Gasteiger partial charge in [0.25, 0.3) is 5.91 Å². The molecule has 0 spiro atoms. The number of hydrogen-bond donors (Lipinski definition) is 1. The molecule has 1 fully saturated rings. The summed E-state index contributed by atoms with van der Waals surface area (Å²) in [5.41, 5.74) is 1.85. The Hall–Kier alpha value is -2.08. The zero-order valence-corrected chi connectivity index (χ0v) is 13.6. The predicted octanol–water partition coefficient (Wildman–Crippen LogP) is 2.49. The third kappa shape index (κ3) is 2.91. The lowest BCUT2D eigenvalue weighted by molar-refractivity contribution is -0.143. The Morgan fingerprint density at radius 2 is 2.22 bits per heavy atom. The van der Waals surface area contributed by atoms with Gasteiger partial charge in [-0.05, 0) is 31.4 Å². The molecule has 1 aliphatic heterocycles. The van der Waals surface area contributed by atoms with Gasteiger partial charge in [0, 0.05) is 19.3 Å². The average Bonchev–Trinajstić information content (AvgIpc) is 2.91. The maximum Gasteiger partial charge on any atom is 0.308 e. The molecule has 0 aromatic carbocycles. The molecule has 3 heterocycles. The van der Waals surface area contributed by atoms with Gasteiger partial charge in [-0.15, -0.1) is 0 Å². The van der Waals surface area contributed by atoms with Crippen LogP contribution in [0.3, 0.4) is 0 Å². The number of likely N-dealkylation sites (tertiary alicyclic amines) is 1. The van der Waals surface area contributed by atoms with E-state index in [-0.39, 0.29) is 12.5 Å². The molecular formula is C16H18ClN3O3. The highest BCUT2D eigenvalue weighted by molar-refractivity contribution is 6.30. The van der Waals surface area contributed by atoms with E-state index in [1.807, 2.05) is 6.92 Å². The van der Waals surface area contributed by atoms with Crippen LogP contribution in [-0.2, 0) is 11.2 Å². The van der Waals surface area contributed by atoms with Crippen molar-refractivity contribution in [2.75, 3.05) is 13.1 Å². The van der Waals surface area contributed by atoms with Crippen LogP contribution in [0.25, 0.3) is 5.65 Å². The van der Waals surface area contributed by atoms with E-state index in [1.54, 1.807) is 27.6 Å². The number of pyridine rings is 1. The zero-order valence-electron chi connectivity index (χ0n) is 12.8. The van der Waals surface area contributed by atoms with E-state index in [2.05, 4.69) is 4.98 Å². The predicted molar refractivity (Wildman–Crippen MR) is 85.8 cm³/mol. The minimum atomic E-state index is -0.848. The number of imidazole rings is 1. The Morgan fingerprint density at radius 1 is 1.43 bits per heavy atom. The van der Waals surface area contributed by atoms with E-state index in [1.165, 1.54) is 0 Å². The Labute approximate surface area is 138 Å². The molecule has 2 aromatic rings. The summed E-state index contributed by atoms with van der Waals surface area (Å²) < 4.78 is 1.70. The summed E-state index contributed by atoms with van der Waals surface area (Å²) in [6.45, 7) is 2.75. The topological polar surface area (TPSA) is 74.9 Å².